The smallest absolute Gasteiger partial charge is 0.309 e. The second-order valence-electron chi connectivity index (χ2n) is 8.22. The van der Waals surface area contributed by atoms with Crippen LogP contribution in [0.15, 0.2) is 60.7 Å². The van der Waals surface area contributed by atoms with Crippen LogP contribution in [0.4, 0.5) is 11.4 Å². The molecule has 0 atom stereocenters. The van der Waals surface area contributed by atoms with Gasteiger partial charge in [0.15, 0.2) is 5.75 Å². The van der Waals surface area contributed by atoms with Crippen LogP contribution in [0.2, 0.25) is 10.0 Å². The maximum atomic E-state index is 13.0. The Labute approximate surface area is 218 Å². The van der Waals surface area contributed by atoms with Crippen LogP contribution in [-0.4, -0.2) is 23.9 Å². The van der Waals surface area contributed by atoms with Crippen molar-refractivity contribution in [3.8, 4) is 11.5 Å². The number of hydrogen-bond acceptors (Lipinski definition) is 6. The molecule has 0 heterocycles. The van der Waals surface area contributed by atoms with Gasteiger partial charge in [-0.25, -0.2) is 0 Å². The zero-order valence-corrected chi connectivity index (χ0v) is 21.4. The number of rotatable bonds is 9. The second-order valence-corrected chi connectivity index (χ2v) is 9.03. The van der Waals surface area contributed by atoms with E-state index in [1.165, 1.54) is 42.3 Å². The highest BCUT2D eigenvalue weighted by atomic mass is 35.5. The number of anilines is 1. The maximum Gasteiger partial charge on any atom is 0.309 e. The molecule has 3 rings (SSSR count). The van der Waals surface area contributed by atoms with Gasteiger partial charge in [0.05, 0.1) is 41.1 Å². The lowest BCUT2D eigenvalue weighted by molar-refractivity contribution is -0.384. The molecular weight excluding hydrogens is 507 g/mol. The molecule has 0 unspecified atom stereocenters. The first-order chi connectivity index (χ1) is 17.1. The summed E-state index contributed by atoms with van der Waals surface area (Å²) >= 11 is 12.6. The van der Waals surface area contributed by atoms with E-state index in [1.54, 1.807) is 13.8 Å². The van der Waals surface area contributed by atoms with E-state index in [0.717, 1.165) is 5.56 Å². The molecule has 0 spiro atoms. The highest BCUT2D eigenvalue weighted by Gasteiger charge is 2.27. The van der Waals surface area contributed by atoms with Gasteiger partial charge in [0.1, 0.15) is 11.4 Å². The van der Waals surface area contributed by atoms with E-state index in [4.69, 9.17) is 27.9 Å². The number of benzene rings is 3. The first-order valence-corrected chi connectivity index (χ1v) is 11.7. The summed E-state index contributed by atoms with van der Waals surface area (Å²) < 4.78 is 10.4. The third-order valence-corrected chi connectivity index (χ3v) is 5.79. The molecule has 10 heteroatoms. The first-order valence-electron chi connectivity index (χ1n) is 11.0. The molecular formula is C26H24Cl2N2O6. The van der Waals surface area contributed by atoms with Crippen LogP contribution in [0.3, 0.4) is 0 Å². The molecule has 1 amide bonds. The molecule has 0 aromatic heterocycles. The Morgan fingerprint density at radius 2 is 1.64 bits per heavy atom. The molecule has 8 nitrogen and oxygen atoms in total. The van der Waals surface area contributed by atoms with Gasteiger partial charge in [0.2, 0.25) is 5.91 Å². The number of nitro groups is 1. The van der Waals surface area contributed by atoms with Crippen molar-refractivity contribution in [3.05, 3.63) is 92.0 Å². The molecule has 0 aliphatic carbocycles. The summed E-state index contributed by atoms with van der Waals surface area (Å²) in [7, 11) is 1.27. The fraction of sp³-hybridized carbons (Fsp3) is 0.231. The van der Waals surface area contributed by atoms with Gasteiger partial charge in [-0.05, 0) is 35.4 Å². The highest BCUT2D eigenvalue weighted by Crippen LogP contribution is 2.40. The van der Waals surface area contributed by atoms with Crippen LogP contribution >= 0.6 is 23.2 Å². The summed E-state index contributed by atoms with van der Waals surface area (Å²) in [6, 6.07) is 16.4. The lowest BCUT2D eigenvalue weighted by Gasteiger charge is -2.25. The van der Waals surface area contributed by atoms with Crippen molar-refractivity contribution in [2.24, 2.45) is 5.92 Å². The van der Waals surface area contributed by atoms with Crippen LogP contribution in [0.5, 0.6) is 11.5 Å². The SMILES string of the molecule is COC(=O)Cc1cc(Cl)c(Oc2ccc(N(Cc3ccccc3)C(=O)C(C)C)c([N+](=O)[O-])c2)c(Cl)c1. The van der Waals surface area contributed by atoms with Crippen molar-refractivity contribution in [1.29, 1.82) is 0 Å². The number of esters is 1. The Kier molecular flexibility index (Phi) is 8.90. The molecule has 0 bridgehead atoms. The Morgan fingerprint density at radius 3 is 2.19 bits per heavy atom. The minimum absolute atomic E-state index is 0.0302. The summed E-state index contributed by atoms with van der Waals surface area (Å²) in [5.41, 5.74) is 1.17. The third-order valence-electron chi connectivity index (χ3n) is 5.23. The molecule has 188 valence electrons. The third kappa shape index (κ3) is 6.53. The number of nitro benzene ring substituents is 1. The molecule has 0 N–H and O–H groups in total. The minimum atomic E-state index is -0.573. The van der Waals surface area contributed by atoms with E-state index in [-0.39, 0.29) is 57.7 Å². The molecule has 36 heavy (non-hydrogen) atoms. The number of methoxy groups -OCH3 is 1. The van der Waals surface area contributed by atoms with Gasteiger partial charge in [0, 0.05) is 5.92 Å². The fourth-order valence-corrected chi connectivity index (χ4v) is 4.08. The van der Waals surface area contributed by atoms with Crippen LogP contribution in [-0.2, 0) is 27.3 Å². The summed E-state index contributed by atoms with van der Waals surface area (Å²) in [5, 5.41) is 12.2. The van der Waals surface area contributed by atoms with Crippen molar-refractivity contribution in [1.82, 2.24) is 0 Å². The number of carbonyl (C=O) groups is 2. The average Bonchev–Trinajstić information content (AvgIpc) is 2.84. The van der Waals surface area contributed by atoms with Gasteiger partial charge in [0.25, 0.3) is 5.69 Å². The summed E-state index contributed by atoms with van der Waals surface area (Å²) in [5.74, 6) is -0.925. The Bertz CT molecular complexity index is 1260. The quantitative estimate of drug-likeness (QED) is 0.175. The molecule has 0 fully saturated rings. The van der Waals surface area contributed by atoms with Crippen LogP contribution < -0.4 is 9.64 Å². The molecule has 0 saturated heterocycles. The predicted molar refractivity (Wildman–Crippen MR) is 138 cm³/mol. The molecule has 0 aliphatic heterocycles. The Morgan fingerprint density at radius 1 is 1.00 bits per heavy atom. The zero-order valence-electron chi connectivity index (χ0n) is 19.9. The van der Waals surface area contributed by atoms with Crippen LogP contribution in [0.25, 0.3) is 0 Å². The number of halogens is 2. The molecule has 3 aromatic carbocycles. The van der Waals surface area contributed by atoms with Crippen LogP contribution in [0, 0.1) is 16.0 Å². The lowest BCUT2D eigenvalue weighted by Crippen LogP contribution is -2.34. The maximum absolute atomic E-state index is 13.0. The van der Waals surface area contributed by atoms with Gasteiger partial charge in [-0.3, -0.25) is 19.7 Å². The van der Waals surface area contributed by atoms with E-state index < -0.39 is 10.9 Å². The van der Waals surface area contributed by atoms with Crippen molar-refractivity contribution >= 4 is 46.5 Å². The lowest BCUT2D eigenvalue weighted by atomic mass is 10.1. The van der Waals surface area contributed by atoms with E-state index in [1.807, 2.05) is 30.3 Å². The number of nitrogens with zero attached hydrogens (tertiary/aromatic N) is 2. The van der Waals surface area contributed by atoms with Crippen molar-refractivity contribution in [2.75, 3.05) is 12.0 Å². The second kappa shape index (κ2) is 11.9. The largest absolute Gasteiger partial charge is 0.469 e. The summed E-state index contributed by atoms with van der Waals surface area (Å²) in [6.45, 7) is 3.63. The fourth-order valence-electron chi connectivity index (χ4n) is 3.47. The van der Waals surface area contributed by atoms with Crippen molar-refractivity contribution in [2.45, 2.75) is 26.8 Å². The van der Waals surface area contributed by atoms with Gasteiger partial charge in [-0.15, -0.1) is 0 Å². The van der Waals surface area contributed by atoms with Crippen LogP contribution in [0.1, 0.15) is 25.0 Å². The predicted octanol–water partition coefficient (Wildman–Crippen LogP) is 6.60. The van der Waals surface area contributed by atoms with Gasteiger partial charge in [-0.1, -0.05) is 67.4 Å². The number of hydrogen-bond donors (Lipinski definition) is 0. The van der Waals surface area contributed by atoms with E-state index in [0.29, 0.717) is 5.56 Å². The van der Waals surface area contributed by atoms with E-state index in [2.05, 4.69) is 4.74 Å². The number of ether oxygens (including phenoxy) is 2. The number of carbonyl (C=O) groups excluding carboxylic acids is 2. The van der Waals surface area contributed by atoms with Gasteiger partial charge < -0.3 is 14.4 Å². The summed E-state index contributed by atoms with van der Waals surface area (Å²) in [6.07, 6.45) is -0.0302. The molecule has 0 radical (unpaired) electrons. The number of amides is 1. The first kappa shape index (κ1) is 27.0. The average molecular weight is 531 g/mol. The minimum Gasteiger partial charge on any atom is -0.469 e. The van der Waals surface area contributed by atoms with E-state index >= 15 is 0 Å². The Hall–Kier alpha value is -3.62. The summed E-state index contributed by atoms with van der Waals surface area (Å²) in [4.78, 5) is 37.4. The van der Waals surface area contributed by atoms with Crippen molar-refractivity contribution in [3.63, 3.8) is 0 Å². The molecule has 0 aliphatic rings. The molecule has 3 aromatic rings. The Balaban J connectivity index is 1.98. The topological polar surface area (TPSA) is 99.0 Å². The van der Waals surface area contributed by atoms with E-state index in [9.17, 15) is 19.7 Å². The highest BCUT2D eigenvalue weighted by molar-refractivity contribution is 6.37. The van der Waals surface area contributed by atoms with Crippen molar-refractivity contribution < 1.29 is 24.0 Å². The van der Waals surface area contributed by atoms with Gasteiger partial charge in [-0.2, -0.15) is 0 Å². The molecule has 0 saturated carbocycles. The monoisotopic (exact) mass is 530 g/mol. The zero-order chi connectivity index (χ0) is 26.4. The standard InChI is InChI=1S/C26H24Cl2N2O6/c1-16(2)26(32)29(15-17-7-5-4-6-8-17)22-10-9-19(14-23(22)30(33)34)36-25-20(27)11-18(12-21(25)28)13-24(31)35-3/h4-12,14,16H,13,15H2,1-3H3. The normalized spacial score (nSPS) is 10.7. The van der Waals surface area contributed by atoms with Gasteiger partial charge >= 0.3 is 5.97 Å².